The smallest absolute Gasteiger partial charge is 0.228 e. The molecular weight excluding hydrogens is 283 g/mol. The van der Waals surface area contributed by atoms with Crippen molar-refractivity contribution >= 4 is 11.6 Å². The molecule has 0 bridgehead atoms. The van der Waals surface area contributed by atoms with Crippen molar-refractivity contribution < 1.29 is 13.9 Å². The van der Waals surface area contributed by atoms with Gasteiger partial charge >= 0.3 is 0 Å². The highest BCUT2D eigenvalue weighted by Crippen LogP contribution is 2.24. The highest BCUT2D eigenvalue weighted by Gasteiger charge is 2.27. The van der Waals surface area contributed by atoms with E-state index in [1.165, 1.54) is 12.1 Å². The molecule has 0 spiro atoms. The van der Waals surface area contributed by atoms with E-state index >= 15 is 0 Å². The Hall–Kier alpha value is -2.40. The lowest BCUT2D eigenvalue weighted by atomic mass is 10.2. The average molecular weight is 300 g/mol. The van der Waals surface area contributed by atoms with Gasteiger partial charge in [0.2, 0.25) is 5.91 Å². The molecule has 22 heavy (non-hydrogen) atoms. The van der Waals surface area contributed by atoms with Crippen LogP contribution in [-0.2, 0) is 11.4 Å². The van der Waals surface area contributed by atoms with E-state index in [0.29, 0.717) is 25.3 Å². The molecule has 0 radical (unpaired) electrons. The van der Waals surface area contributed by atoms with Crippen LogP contribution in [0.2, 0.25) is 0 Å². The van der Waals surface area contributed by atoms with Gasteiger partial charge in [0.15, 0.2) is 0 Å². The van der Waals surface area contributed by atoms with Crippen LogP contribution in [0.4, 0.5) is 10.1 Å². The summed E-state index contributed by atoms with van der Waals surface area (Å²) in [6, 6.07) is 13.4. The molecule has 1 fully saturated rings. The zero-order chi connectivity index (χ0) is 15.5. The lowest BCUT2D eigenvalue weighted by Gasteiger charge is -2.16. The highest BCUT2D eigenvalue weighted by molar-refractivity contribution is 5.96. The molecule has 1 saturated heterocycles. The minimum atomic E-state index is -0.262. The van der Waals surface area contributed by atoms with Crippen molar-refractivity contribution in [3.05, 3.63) is 59.9 Å². The Morgan fingerprint density at radius 2 is 1.82 bits per heavy atom. The highest BCUT2D eigenvalue weighted by atomic mass is 19.1. The van der Waals surface area contributed by atoms with Crippen molar-refractivity contribution in [3.8, 4) is 5.75 Å². The first-order chi connectivity index (χ1) is 10.6. The summed E-state index contributed by atoms with van der Waals surface area (Å²) < 4.78 is 18.5. The van der Waals surface area contributed by atoms with Gasteiger partial charge in [-0.2, -0.15) is 0 Å². The fraction of sp³-hybridized carbons (Fsp3) is 0.235. The molecule has 2 N–H and O–H groups in total. The lowest BCUT2D eigenvalue weighted by molar-refractivity contribution is -0.117. The molecule has 0 unspecified atom stereocenters. The van der Waals surface area contributed by atoms with E-state index in [1.807, 2.05) is 24.3 Å². The summed E-state index contributed by atoms with van der Waals surface area (Å²) in [5.74, 6) is 0.484. The van der Waals surface area contributed by atoms with Crippen LogP contribution in [0.15, 0.2) is 48.5 Å². The third kappa shape index (κ3) is 3.26. The van der Waals surface area contributed by atoms with E-state index in [-0.39, 0.29) is 17.8 Å². The maximum Gasteiger partial charge on any atom is 0.228 e. The number of hydrogen-bond donors (Lipinski definition) is 1. The van der Waals surface area contributed by atoms with Gasteiger partial charge < -0.3 is 15.4 Å². The molecule has 1 aliphatic rings. The SMILES string of the molecule is N[C@@H]1CC(=O)N(c2ccc(OCc3ccc(F)cc3)cc2)C1. The minimum Gasteiger partial charge on any atom is -0.489 e. The molecule has 114 valence electrons. The van der Waals surface area contributed by atoms with Crippen molar-refractivity contribution in [2.45, 2.75) is 19.1 Å². The number of anilines is 1. The number of carbonyl (C=O) groups is 1. The van der Waals surface area contributed by atoms with Crippen LogP contribution < -0.4 is 15.4 Å². The predicted octanol–water partition coefficient (Wildman–Crippen LogP) is 2.47. The summed E-state index contributed by atoms with van der Waals surface area (Å²) in [5.41, 5.74) is 7.51. The van der Waals surface area contributed by atoms with E-state index in [0.717, 1.165) is 11.3 Å². The number of rotatable bonds is 4. The molecule has 4 nitrogen and oxygen atoms in total. The summed E-state index contributed by atoms with van der Waals surface area (Å²) in [5, 5.41) is 0. The second-order valence-electron chi connectivity index (χ2n) is 5.38. The maximum absolute atomic E-state index is 12.8. The largest absolute Gasteiger partial charge is 0.489 e. The average Bonchev–Trinajstić information content (AvgIpc) is 2.86. The van der Waals surface area contributed by atoms with Crippen LogP contribution in [0.3, 0.4) is 0 Å². The van der Waals surface area contributed by atoms with Crippen molar-refractivity contribution in [1.29, 1.82) is 0 Å². The van der Waals surface area contributed by atoms with Crippen molar-refractivity contribution in [2.75, 3.05) is 11.4 Å². The number of nitrogens with two attached hydrogens (primary N) is 1. The summed E-state index contributed by atoms with van der Waals surface area (Å²) in [6.07, 6.45) is 0.392. The topological polar surface area (TPSA) is 55.6 Å². The molecule has 2 aromatic rings. The summed E-state index contributed by atoms with van der Waals surface area (Å²) in [4.78, 5) is 13.5. The van der Waals surface area contributed by atoms with Crippen molar-refractivity contribution in [1.82, 2.24) is 0 Å². The first kappa shape index (κ1) is 14.5. The van der Waals surface area contributed by atoms with Crippen LogP contribution in [-0.4, -0.2) is 18.5 Å². The van der Waals surface area contributed by atoms with Gasteiger partial charge in [0.1, 0.15) is 18.2 Å². The van der Waals surface area contributed by atoms with Gasteiger partial charge in [-0.15, -0.1) is 0 Å². The van der Waals surface area contributed by atoms with Crippen LogP contribution in [0.25, 0.3) is 0 Å². The predicted molar refractivity (Wildman–Crippen MR) is 82.1 cm³/mol. The van der Waals surface area contributed by atoms with Gasteiger partial charge in [0.25, 0.3) is 0 Å². The Balaban J connectivity index is 1.62. The second kappa shape index (κ2) is 6.15. The van der Waals surface area contributed by atoms with Gasteiger partial charge in [-0.1, -0.05) is 12.1 Å². The first-order valence-electron chi connectivity index (χ1n) is 7.15. The molecule has 3 rings (SSSR count). The summed E-state index contributed by atoms with van der Waals surface area (Å²) in [7, 11) is 0. The van der Waals surface area contributed by atoms with Crippen LogP contribution >= 0.6 is 0 Å². The quantitative estimate of drug-likeness (QED) is 0.943. The number of nitrogens with zero attached hydrogens (tertiary/aromatic N) is 1. The molecule has 1 heterocycles. The fourth-order valence-corrected chi connectivity index (χ4v) is 2.45. The standard InChI is InChI=1S/C17H17FN2O2/c18-13-3-1-12(2-4-13)11-22-16-7-5-15(6-8-16)20-10-14(19)9-17(20)21/h1-8,14H,9-11,19H2/t14-/m1/s1. The summed E-state index contributed by atoms with van der Waals surface area (Å²) >= 11 is 0. The molecular formula is C17H17FN2O2. The van der Waals surface area contributed by atoms with E-state index in [9.17, 15) is 9.18 Å². The Kier molecular flexibility index (Phi) is 4.06. The van der Waals surface area contributed by atoms with E-state index in [2.05, 4.69) is 0 Å². The number of carbonyl (C=O) groups excluding carboxylic acids is 1. The Morgan fingerprint density at radius 1 is 1.14 bits per heavy atom. The van der Waals surface area contributed by atoms with Crippen LogP contribution in [0, 0.1) is 5.82 Å². The number of ether oxygens (including phenoxy) is 1. The van der Waals surface area contributed by atoms with E-state index < -0.39 is 0 Å². The normalized spacial score (nSPS) is 17.8. The van der Waals surface area contributed by atoms with Crippen LogP contribution in [0.5, 0.6) is 5.75 Å². The zero-order valence-corrected chi connectivity index (χ0v) is 12.0. The van der Waals surface area contributed by atoms with Gasteiger partial charge in [-0.3, -0.25) is 4.79 Å². The monoisotopic (exact) mass is 300 g/mol. The van der Waals surface area contributed by atoms with Gasteiger partial charge in [-0.05, 0) is 42.0 Å². The number of amides is 1. The van der Waals surface area contributed by atoms with Gasteiger partial charge in [0.05, 0.1) is 0 Å². The minimum absolute atomic E-state index is 0.0486. The fourth-order valence-electron chi connectivity index (χ4n) is 2.45. The van der Waals surface area contributed by atoms with E-state index in [4.69, 9.17) is 10.5 Å². The number of hydrogen-bond acceptors (Lipinski definition) is 3. The summed E-state index contributed by atoms with van der Waals surface area (Å²) in [6.45, 7) is 0.918. The molecule has 5 heteroatoms. The van der Waals surface area contributed by atoms with E-state index in [1.54, 1.807) is 17.0 Å². The second-order valence-corrected chi connectivity index (χ2v) is 5.38. The first-order valence-corrected chi connectivity index (χ1v) is 7.15. The Morgan fingerprint density at radius 3 is 2.41 bits per heavy atom. The Bertz CT molecular complexity index is 655. The van der Waals surface area contributed by atoms with Gasteiger partial charge in [0, 0.05) is 24.7 Å². The molecule has 1 aliphatic heterocycles. The molecule has 0 aromatic heterocycles. The molecule has 1 atom stereocenters. The van der Waals surface area contributed by atoms with Crippen molar-refractivity contribution in [2.24, 2.45) is 5.73 Å². The third-order valence-corrected chi connectivity index (χ3v) is 3.62. The molecule has 0 saturated carbocycles. The third-order valence-electron chi connectivity index (χ3n) is 3.62. The molecule has 1 amide bonds. The number of halogens is 1. The maximum atomic E-state index is 12.8. The van der Waals surface area contributed by atoms with Gasteiger partial charge in [-0.25, -0.2) is 4.39 Å². The lowest BCUT2D eigenvalue weighted by Crippen LogP contribution is -2.27. The van der Waals surface area contributed by atoms with Crippen LogP contribution in [0.1, 0.15) is 12.0 Å². The number of benzene rings is 2. The Labute approximate surface area is 128 Å². The van der Waals surface area contributed by atoms with Crippen molar-refractivity contribution in [3.63, 3.8) is 0 Å². The zero-order valence-electron chi connectivity index (χ0n) is 12.0. The molecule has 0 aliphatic carbocycles. The molecule has 2 aromatic carbocycles.